The van der Waals surface area contributed by atoms with Crippen LogP contribution in [0.5, 0.6) is 0 Å². The number of ether oxygens (including phenoxy) is 1. The number of carbonyl (C=O) groups excluding carboxylic acids is 2. The number of carbonyl (C=O) groups is 2. The van der Waals surface area contributed by atoms with Crippen LogP contribution in [0.2, 0.25) is 0 Å². The summed E-state index contributed by atoms with van der Waals surface area (Å²) in [6, 6.07) is 1.97. The largest absolute Gasteiger partial charge is 0.366 e. The van der Waals surface area contributed by atoms with E-state index >= 15 is 0 Å². The highest BCUT2D eigenvalue weighted by Crippen LogP contribution is 2.27. The van der Waals surface area contributed by atoms with Gasteiger partial charge in [-0.15, -0.1) is 0 Å². The third kappa shape index (κ3) is 3.84. The lowest BCUT2D eigenvalue weighted by Crippen LogP contribution is -2.50. The van der Waals surface area contributed by atoms with Crippen LogP contribution in [0.15, 0.2) is 35.7 Å². The third-order valence-electron chi connectivity index (χ3n) is 5.47. The molecule has 0 spiro atoms. The van der Waals surface area contributed by atoms with Crippen molar-refractivity contribution in [3.8, 4) is 0 Å². The zero-order chi connectivity index (χ0) is 19.0. The number of hydrogen-bond acceptors (Lipinski definition) is 4. The number of nitrogens with zero attached hydrogens (tertiary/aromatic N) is 4. The number of hydrogen-bond donors (Lipinski definition) is 0. The van der Waals surface area contributed by atoms with E-state index in [4.69, 9.17) is 4.74 Å². The van der Waals surface area contributed by atoms with Crippen molar-refractivity contribution in [3.63, 3.8) is 0 Å². The van der Waals surface area contributed by atoms with Gasteiger partial charge in [0.1, 0.15) is 6.10 Å². The Labute approximate surface area is 159 Å². The topological polar surface area (TPSA) is 58.0 Å². The van der Waals surface area contributed by atoms with Crippen molar-refractivity contribution in [2.45, 2.75) is 6.10 Å². The van der Waals surface area contributed by atoms with Crippen LogP contribution in [0.3, 0.4) is 0 Å². The predicted octanol–water partition coefficient (Wildman–Crippen LogP) is 0.350. The van der Waals surface area contributed by atoms with E-state index in [2.05, 4.69) is 4.90 Å². The molecule has 2 amide bonds. The molecule has 4 rings (SSSR count). The fourth-order valence-corrected chi connectivity index (χ4v) is 3.92. The Morgan fingerprint density at radius 2 is 1.81 bits per heavy atom. The molecule has 1 aromatic rings. The molecule has 4 heterocycles. The highest BCUT2D eigenvalue weighted by molar-refractivity contribution is 5.92. The minimum absolute atomic E-state index is 0.0170. The zero-order valence-corrected chi connectivity index (χ0v) is 15.9. The maximum atomic E-state index is 12.7. The average molecular weight is 370 g/mol. The van der Waals surface area contributed by atoms with Crippen LogP contribution in [0.1, 0.15) is 5.56 Å². The standard InChI is InChI=1S/C20H26N4O3/c1-21-6-5-15(9-21)3-4-19(25)23-10-16-12-24(13-17(16)11-23)20(26)18-14-22(2)7-8-27-18/h3-6,9,18H,7-8,10-14H2,1-2H3/b4-3+. The number of aromatic nitrogens is 1. The first kappa shape index (κ1) is 18.0. The molecule has 1 aromatic heterocycles. The summed E-state index contributed by atoms with van der Waals surface area (Å²) in [5.74, 6) is 0.0844. The van der Waals surface area contributed by atoms with Gasteiger partial charge in [0.15, 0.2) is 0 Å². The monoisotopic (exact) mass is 370 g/mol. The fraction of sp³-hybridized carbons (Fsp3) is 0.500. The van der Waals surface area contributed by atoms with Crippen LogP contribution >= 0.6 is 0 Å². The van der Waals surface area contributed by atoms with Crippen LogP contribution in [0, 0.1) is 0 Å². The molecule has 3 aliphatic rings. The second-order valence-corrected chi connectivity index (χ2v) is 7.66. The normalized spacial score (nSPS) is 23.6. The molecule has 1 unspecified atom stereocenters. The van der Waals surface area contributed by atoms with Crippen molar-refractivity contribution >= 4 is 17.9 Å². The Hall–Kier alpha value is -2.38. The van der Waals surface area contributed by atoms with E-state index in [0.29, 0.717) is 39.3 Å². The van der Waals surface area contributed by atoms with Gasteiger partial charge in [0.2, 0.25) is 5.91 Å². The van der Waals surface area contributed by atoms with E-state index in [1.165, 1.54) is 11.1 Å². The fourth-order valence-electron chi connectivity index (χ4n) is 3.92. The summed E-state index contributed by atoms with van der Waals surface area (Å²) in [5, 5.41) is 0. The lowest BCUT2D eigenvalue weighted by molar-refractivity contribution is -0.147. The van der Waals surface area contributed by atoms with E-state index in [1.54, 1.807) is 6.08 Å². The molecule has 0 bridgehead atoms. The molecular weight excluding hydrogens is 344 g/mol. The second kappa shape index (κ2) is 7.32. The Morgan fingerprint density at radius 1 is 1.11 bits per heavy atom. The highest BCUT2D eigenvalue weighted by Gasteiger charge is 2.37. The van der Waals surface area contributed by atoms with Crippen molar-refractivity contribution < 1.29 is 14.3 Å². The summed E-state index contributed by atoms with van der Waals surface area (Å²) in [6.07, 6.45) is 7.04. The SMILES string of the molecule is CN1CCOC(C(=O)N2CC3=C(CN(C(=O)/C=C/c4ccn(C)c4)C3)C2)C1. The molecule has 144 valence electrons. The van der Waals surface area contributed by atoms with Crippen molar-refractivity contribution in [2.24, 2.45) is 7.05 Å². The van der Waals surface area contributed by atoms with Gasteiger partial charge < -0.3 is 24.0 Å². The minimum atomic E-state index is -0.365. The summed E-state index contributed by atoms with van der Waals surface area (Å²) < 4.78 is 7.61. The van der Waals surface area contributed by atoms with Gasteiger partial charge in [-0.05, 0) is 35.9 Å². The van der Waals surface area contributed by atoms with E-state index in [1.807, 2.05) is 53.0 Å². The van der Waals surface area contributed by atoms with Crippen LogP contribution in [0.25, 0.3) is 6.08 Å². The molecule has 0 aliphatic carbocycles. The van der Waals surface area contributed by atoms with Crippen LogP contribution in [-0.2, 0) is 21.4 Å². The van der Waals surface area contributed by atoms with E-state index in [0.717, 1.165) is 12.1 Å². The van der Waals surface area contributed by atoms with Gasteiger partial charge in [0.25, 0.3) is 5.91 Å². The van der Waals surface area contributed by atoms with E-state index in [9.17, 15) is 9.59 Å². The van der Waals surface area contributed by atoms with E-state index in [-0.39, 0.29) is 17.9 Å². The first-order valence-corrected chi connectivity index (χ1v) is 9.37. The Balaban J connectivity index is 1.30. The van der Waals surface area contributed by atoms with Gasteiger partial charge in [-0.25, -0.2) is 0 Å². The molecule has 7 nitrogen and oxygen atoms in total. The van der Waals surface area contributed by atoms with Crippen LogP contribution in [0.4, 0.5) is 0 Å². The number of likely N-dealkylation sites (N-methyl/N-ethyl adjacent to an activating group) is 1. The molecule has 27 heavy (non-hydrogen) atoms. The average Bonchev–Trinajstić information content (AvgIpc) is 3.33. The van der Waals surface area contributed by atoms with Gasteiger partial charge in [0, 0.05) is 64.8 Å². The lowest BCUT2D eigenvalue weighted by atomic mass is 10.2. The van der Waals surface area contributed by atoms with Gasteiger partial charge in [-0.2, -0.15) is 0 Å². The summed E-state index contributed by atoms with van der Waals surface area (Å²) in [6.45, 7) is 4.57. The van der Waals surface area contributed by atoms with Crippen LogP contribution < -0.4 is 0 Å². The molecule has 1 saturated heterocycles. The summed E-state index contributed by atoms with van der Waals surface area (Å²) in [7, 11) is 3.97. The van der Waals surface area contributed by atoms with E-state index < -0.39 is 0 Å². The maximum Gasteiger partial charge on any atom is 0.253 e. The molecule has 1 fully saturated rings. The lowest BCUT2D eigenvalue weighted by Gasteiger charge is -2.32. The van der Waals surface area contributed by atoms with Gasteiger partial charge in [-0.3, -0.25) is 9.59 Å². The number of aryl methyl sites for hydroxylation is 1. The quantitative estimate of drug-likeness (QED) is 0.569. The molecule has 0 N–H and O–H groups in total. The van der Waals surface area contributed by atoms with Crippen LogP contribution in [-0.4, -0.2) is 90.1 Å². The number of morpholine rings is 1. The van der Waals surface area contributed by atoms with Crippen molar-refractivity contribution in [3.05, 3.63) is 41.2 Å². The number of rotatable bonds is 3. The highest BCUT2D eigenvalue weighted by atomic mass is 16.5. The second-order valence-electron chi connectivity index (χ2n) is 7.66. The van der Waals surface area contributed by atoms with Crippen molar-refractivity contribution in [1.29, 1.82) is 0 Å². The molecule has 7 heteroatoms. The number of amides is 2. The van der Waals surface area contributed by atoms with Crippen molar-refractivity contribution in [1.82, 2.24) is 19.3 Å². The Kier molecular flexibility index (Phi) is 4.88. The molecule has 1 atom stereocenters. The molecule has 0 aromatic carbocycles. The first-order chi connectivity index (χ1) is 13.0. The molecule has 0 saturated carbocycles. The Morgan fingerprint density at radius 3 is 2.44 bits per heavy atom. The smallest absolute Gasteiger partial charge is 0.253 e. The third-order valence-corrected chi connectivity index (χ3v) is 5.47. The predicted molar refractivity (Wildman–Crippen MR) is 102 cm³/mol. The van der Waals surface area contributed by atoms with Crippen molar-refractivity contribution in [2.75, 3.05) is 52.9 Å². The van der Waals surface area contributed by atoms with Gasteiger partial charge in [0.05, 0.1) is 6.61 Å². The summed E-state index contributed by atoms with van der Waals surface area (Å²) >= 11 is 0. The minimum Gasteiger partial charge on any atom is -0.366 e. The molecule has 0 radical (unpaired) electrons. The summed E-state index contributed by atoms with van der Waals surface area (Å²) in [5.41, 5.74) is 3.42. The first-order valence-electron chi connectivity index (χ1n) is 9.37. The zero-order valence-electron chi connectivity index (χ0n) is 15.9. The van der Waals surface area contributed by atoms with Gasteiger partial charge in [-0.1, -0.05) is 0 Å². The Bertz CT molecular complexity index is 792. The summed E-state index contributed by atoms with van der Waals surface area (Å²) in [4.78, 5) is 31.0. The molecular formula is C20H26N4O3. The van der Waals surface area contributed by atoms with Gasteiger partial charge >= 0.3 is 0 Å². The maximum absolute atomic E-state index is 12.7. The molecule has 3 aliphatic heterocycles.